The molecular formula is C20H26O3. The lowest BCUT2D eigenvalue weighted by atomic mass is 9.96. The molecule has 3 heteroatoms. The molecule has 23 heavy (non-hydrogen) atoms. The average Bonchev–Trinajstić information content (AvgIpc) is 2.91. The van der Waals surface area contributed by atoms with Gasteiger partial charge in [-0.15, -0.1) is 0 Å². The number of rotatable bonds is 6. The number of hydrogen-bond acceptors (Lipinski definition) is 3. The number of carbonyl (C=O) groups excluding carboxylic acids is 1. The fourth-order valence-corrected chi connectivity index (χ4v) is 3.24. The Morgan fingerprint density at radius 2 is 2.00 bits per heavy atom. The van der Waals surface area contributed by atoms with Gasteiger partial charge in [-0.25, -0.2) is 4.79 Å². The Hall–Kier alpha value is -2.03. The van der Waals surface area contributed by atoms with Crippen molar-refractivity contribution in [1.29, 1.82) is 0 Å². The molecule has 2 rings (SSSR count). The highest BCUT2D eigenvalue weighted by atomic mass is 16.5. The van der Waals surface area contributed by atoms with Crippen molar-refractivity contribution in [2.24, 2.45) is 17.8 Å². The second-order valence-corrected chi connectivity index (χ2v) is 6.26. The van der Waals surface area contributed by atoms with Gasteiger partial charge >= 0.3 is 5.97 Å². The molecule has 3 unspecified atom stereocenters. The van der Waals surface area contributed by atoms with E-state index in [1.165, 1.54) is 12.5 Å². The third-order valence-corrected chi connectivity index (χ3v) is 4.39. The quantitative estimate of drug-likeness (QED) is 0.441. The molecule has 1 saturated carbocycles. The van der Waals surface area contributed by atoms with Crippen LogP contribution < -0.4 is 4.74 Å². The average molecular weight is 314 g/mol. The van der Waals surface area contributed by atoms with Gasteiger partial charge in [-0.2, -0.15) is 0 Å². The smallest absolute Gasteiger partial charge is 0.330 e. The zero-order valence-corrected chi connectivity index (χ0v) is 14.2. The van der Waals surface area contributed by atoms with Gasteiger partial charge in [0.15, 0.2) is 0 Å². The lowest BCUT2D eigenvalue weighted by Crippen LogP contribution is -2.15. The number of benzene rings is 1. The molecule has 0 aliphatic heterocycles. The van der Waals surface area contributed by atoms with E-state index in [4.69, 9.17) is 9.47 Å². The summed E-state index contributed by atoms with van der Waals surface area (Å²) in [6.45, 7) is 4.82. The van der Waals surface area contributed by atoms with E-state index in [0.29, 0.717) is 24.4 Å². The zero-order valence-electron chi connectivity index (χ0n) is 14.2. The summed E-state index contributed by atoms with van der Waals surface area (Å²) in [7, 11) is 1.63. The molecule has 0 aromatic heterocycles. The van der Waals surface area contributed by atoms with Crippen LogP contribution in [0.4, 0.5) is 0 Å². The molecule has 1 aliphatic carbocycles. The maximum absolute atomic E-state index is 11.9. The van der Waals surface area contributed by atoms with Crippen molar-refractivity contribution in [2.45, 2.75) is 26.7 Å². The van der Waals surface area contributed by atoms with E-state index in [1.54, 1.807) is 13.2 Å². The van der Waals surface area contributed by atoms with Crippen molar-refractivity contribution < 1.29 is 14.3 Å². The van der Waals surface area contributed by atoms with E-state index in [2.05, 4.69) is 19.1 Å². The molecule has 124 valence electrons. The van der Waals surface area contributed by atoms with Crippen LogP contribution in [0.5, 0.6) is 5.75 Å². The van der Waals surface area contributed by atoms with Crippen LogP contribution in [0.1, 0.15) is 32.3 Å². The van der Waals surface area contributed by atoms with Crippen LogP contribution in [-0.4, -0.2) is 19.7 Å². The minimum absolute atomic E-state index is 0.278. The number of methoxy groups -OCH3 is 1. The van der Waals surface area contributed by atoms with Crippen LogP contribution in [0.2, 0.25) is 0 Å². The Morgan fingerprint density at radius 3 is 2.65 bits per heavy atom. The molecular weight excluding hydrogens is 288 g/mol. The molecule has 3 atom stereocenters. The summed E-state index contributed by atoms with van der Waals surface area (Å²) < 4.78 is 10.5. The standard InChI is InChI=1S/C20H26O3/c1-4-5-17-12-15(2)13-18(17)14-23-20(21)11-8-16-6-9-19(22-3)10-7-16/h4-11,15,17-18H,12-14H2,1-3H3/b5-4-,11-8+. The zero-order chi connectivity index (χ0) is 16.7. The predicted molar refractivity (Wildman–Crippen MR) is 93.2 cm³/mol. The molecule has 0 amide bonds. The third-order valence-electron chi connectivity index (χ3n) is 4.39. The number of ether oxygens (including phenoxy) is 2. The van der Waals surface area contributed by atoms with Crippen LogP contribution in [0.3, 0.4) is 0 Å². The summed E-state index contributed by atoms with van der Waals surface area (Å²) in [5.74, 6) is 2.21. The Morgan fingerprint density at radius 1 is 1.26 bits per heavy atom. The molecule has 0 saturated heterocycles. The van der Waals surface area contributed by atoms with Crippen molar-refractivity contribution >= 4 is 12.0 Å². The van der Waals surface area contributed by atoms with Gasteiger partial charge in [0.2, 0.25) is 0 Å². The minimum Gasteiger partial charge on any atom is -0.497 e. The van der Waals surface area contributed by atoms with Crippen LogP contribution in [0.15, 0.2) is 42.5 Å². The molecule has 1 aromatic carbocycles. The van der Waals surface area contributed by atoms with Gasteiger partial charge in [0.25, 0.3) is 0 Å². The van der Waals surface area contributed by atoms with Crippen molar-refractivity contribution in [3.63, 3.8) is 0 Å². The van der Waals surface area contributed by atoms with Crippen molar-refractivity contribution in [1.82, 2.24) is 0 Å². The summed E-state index contributed by atoms with van der Waals surface area (Å²) >= 11 is 0. The molecule has 0 N–H and O–H groups in total. The highest BCUT2D eigenvalue weighted by Crippen LogP contribution is 2.37. The topological polar surface area (TPSA) is 35.5 Å². The number of allylic oxidation sites excluding steroid dienone is 2. The third kappa shape index (κ3) is 5.27. The van der Waals surface area contributed by atoms with Crippen LogP contribution in [0.25, 0.3) is 6.08 Å². The van der Waals surface area contributed by atoms with Crippen molar-refractivity contribution in [2.75, 3.05) is 13.7 Å². The Bertz CT molecular complexity index is 557. The second kappa shape index (κ2) is 8.56. The van der Waals surface area contributed by atoms with Gasteiger partial charge in [-0.3, -0.25) is 0 Å². The lowest BCUT2D eigenvalue weighted by molar-refractivity contribution is -0.139. The second-order valence-electron chi connectivity index (χ2n) is 6.26. The fraction of sp³-hybridized carbons (Fsp3) is 0.450. The van der Waals surface area contributed by atoms with Crippen LogP contribution in [-0.2, 0) is 9.53 Å². The lowest BCUT2D eigenvalue weighted by Gasteiger charge is -2.15. The summed E-state index contributed by atoms with van der Waals surface area (Å²) in [5, 5.41) is 0. The first kappa shape index (κ1) is 17.3. The van der Waals surface area contributed by atoms with Crippen molar-refractivity contribution in [3.05, 3.63) is 48.1 Å². The summed E-state index contributed by atoms with van der Waals surface area (Å²) in [5.41, 5.74) is 0.948. The summed E-state index contributed by atoms with van der Waals surface area (Å²) in [4.78, 5) is 11.9. The molecule has 0 heterocycles. The molecule has 1 aliphatic rings. The van der Waals surface area contributed by atoms with Gasteiger partial charge in [0.1, 0.15) is 5.75 Å². The SMILES string of the molecule is C/C=C\C1CC(C)CC1COC(=O)/C=C/c1ccc(OC)cc1. The first-order chi connectivity index (χ1) is 11.1. The normalized spacial score (nSPS) is 24.4. The Kier molecular flexibility index (Phi) is 6.45. The summed E-state index contributed by atoms with van der Waals surface area (Å²) in [6.07, 6.45) is 9.92. The van der Waals surface area contributed by atoms with Crippen LogP contribution >= 0.6 is 0 Å². The van der Waals surface area contributed by atoms with E-state index in [9.17, 15) is 4.79 Å². The van der Waals surface area contributed by atoms with Gasteiger partial charge in [-0.1, -0.05) is 31.2 Å². The summed E-state index contributed by atoms with van der Waals surface area (Å²) in [6, 6.07) is 7.55. The fourth-order valence-electron chi connectivity index (χ4n) is 3.24. The number of carbonyl (C=O) groups is 1. The maximum Gasteiger partial charge on any atom is 0.330 e. The maximum atomic E-state index is 11.9. The van der Waals surface area contributed by atoms with Gasteiger partial charge in [0, 0.05) is 6.08 Å². The molecule has 3 nitrogen and oxygen atoms in total. The minimum atomic E-state index is -0.278. The molecule has 0 spiro atoms. The van der Waals surface area contributed by atoms with E-state index >= 15 is 0 Å². The highest BCUT2D eigenvalue weighted by Gasteiger charge is 2.30. The Balaban J connectivity index is 1.83. The molecule has 0 bridgehead atoms. The van der Waals surface area contributed by atoms with Gasteiger partial charge in [0.05, 0.1) is 13.7 Å². The van der Waals surface area contributed by atoms with Crippen molar-refractivity contribution in [3.8, 4) is 5.75 Å². The van der Waals surface area contributed by atoms with Crippen LogP contribution in [0, 0.1) is 17.8 Å². The number of esters is 1. The monoisotopic (exact) mass is 314 g/mol. The molecule has 1 aromatic rings. The molecule has 1 fully saturated rings. The first-order valence-electron chi connectivity index (χ1n) is 8.24. The van der Waals surface area contributed by atoms with E-state index in [0.717, 1.165) is 17.7 Å². The van der Waals surface area contributed by atoms with E-state index < -0.39 is 0 Å². The first-order valence-corrected chi connectivity index (χ1v) is 8.24. The van der Waals surface area contributed by atoms with E-state index in [-0.39, 0.29) is 5.97 Å². The highest BCUT2D eigenvalue weighted by molar-refractivity contribution is 5.87. The molecule has 0 radical (unpaired) electrons. The van der Waals surface area contributed by atoms with Gasteiger partial charge in [-0.05, 0) is 61.3 Å². The largest absolute Gasteiger partial charge is 0.497 e. The van der Waals surface area contributed by atoms with Gasteiger partial charge < -0.3 is 9.47 Å². The predicted octanol–water partition coefficient (Wildman–Crippen LogP) is 4.49. The Labute approximate surface area is 139 Å². The van der Waals surface area contributed by atoms with E-state index in [1.807, 2.05) is 31.2 Å². The number of hydrogen-bond donors (Lipinski definition) is 0.